The van der Waals surface area contributed by atoms with Gasteiger partial charge in [-0.15, -0.1) is 0 Å². The molecule has 25 heavy (non-hydrogen) atoms. The van der Waals surface area contributed by atoms with Crippen molar-refractivity contribution in [3.05, 3.63) is 0 Å². The fourth-order valence-corrected chi connectivity index (χ4v) is 5.60. The Morgan fingerprint density at radius 3 is 2.60 bits per heavy atom. The molecule has 4 aliphatic rings. The van der Waals surface area contributed by atoms with E-state index in [4.69, 9.17) is 4.74 Å². The van der Waals surface area contributed by atoms with Crippen LogP contribution in [0.3, 0.4) is 0 Å². The van der Waals surface area contributed by atoms with E-state index in [1.54, 1.807) is 0 Å². The normalized spacial score (nSPS) is 35.9. The highest BCUT2D eigenvalue weighted by molar-refractivity contribution is 5.88. The molecule has 4 fully saturated rings. The number of nitrogens with zero attached hydrogens (tertiary/aromatic N) is 1. The molecule has 2 amide bonds. The molecule has 2 saturated carbocycles. The summed E-state index contributed by atoms with van der Waals surface area (Å²) in [5, 5.41) is 3.36. The molecule has 4 rings (SSSR count). The molecule has 2 saturated heterocycles. The van der Waals surface area contributed by atoms with Crippen LogP contribution in [-0.2, 0) is 14.3 Å². The number of hydrogen-bond donors (Lipinski definition) is 1. The zero-order chi connectivity index (χ0) is 17.8. The first-order chi connectivity index (χ1) is 11.8. The molecule has 0 bridgehead atoms. The highest BCUT2D eigenvalue weighted by Crippen LogP contribution is 2.62. The van der Waals surface area contributed by atoms with Crippen molar-refractivity contribution in [1.29, 1.82) is 0 Å². The molecule has 4 atom stereocenters. The van der Waals surface area contributed by atoms with Gasteiger partial charge in [0.2, 0.25) is 11.8 Å². The monoisotopic (exact) mass is 348 g/mol. The summed E-state index contributed by atoms with van der Waals surface area (Å²) in [7, 11) is 0. The number of nitrogens with one attached hydrogen (secondary N) is 1. The molecule has 0 unspecified atom stereocenters. The predicted octanol–water partition coefficient (Wildman–Crippen LogP) is 2.49. The van der Waals surface area contributed by atoms with Crippen LogP contribution in [-0.4, -0.2) is 48.1 Å². The number of ether oxygens (including phenoxy) is 1. The summed E-state index contributed by atoms with van der Waals surface area (Å²) < 4.78 is 5.95. The van der Waals surface area contributed by atoms with Crippen LogP contribution in [0.4, 0.5) is 0 Å². The summed E-state index contributed by atoms with van der Waals surface area (Å²) in [6, 6.07) is -0.00485. The number of amides is 2. The Hall–Kier alpha value is -1.10. The number of rotatable bonds is 3. The van der Waals surface area contributed by atoms with Crippen LogP contribution in [0.15, 0.2) is 0 Å². The van der Waals surface area contributed by atoms with E-state index in [1.807, 2.05) is 4.90 Å². The average molecular weight is 348 g/mol. The maximum atomic E-state index is 13.0. The highest BCUT2D eigenvalue weighted by Gasteiger charge is 2.67. The Kier molecular flexibility index (Phi) is 4.13. The Morgan fingerprint density at radius 1 is 1.20 bits per heavy atom. The van der Waals surface area contributed by atoms with Crippen molar-refractivity contribution in [2.24, 2.45) is 16.7 Å². The van der Waals surface area contributed by atoms with Gasteiger partial charge in [-0.1, -0.05) is 27.2 Å². The molecule has 140 valence electrons. The second-order valence-electron chi connectivity index (χ2n) is 9.80. The van der Waals surface area contributed by atoms with Crippen LogP contribution in [0.2, 0.25) is 0 Å². The lowest BCUT2D eigenvalue weighted by Gasteiger charge is -2.63. The molecule has 1 N–H and O–H groups in total. The van der Waals surface area contributed by atoms with Gasteiger partial charge in [0.25, 0.3) is 0 Å². The number of hydrogen-bond acceptors (Lipinski definition) is 3. The molecule has 2 heterocycles. The molecule has 0 aromatic heterocycles. The Balaban J connectivity index is 1.41. The van der Waals surface area contributed by atoms with E-state index >= 15 is 0 Å². The number of fused-ring (bicyclic) bond motifs is 2. The van der Waals surface area contributed by atoms with Gasteiger partial charge in [0.15, 0.2) is 0 Å². The summed E-state index contributed by atoms with van der Waals surface area (Å²) in [4.78, 5) is 27.5. The molecular formula is C20H32N2O3. The zero-order valence-corrected chi connectivity index (χ0v) is 15.8. The topological polar surface area (TPSA) is 58.6 Å². The molecule has 1 spiro atoms. The Labute approximate surface area is 150 Å². The fourth-order valence-electron chi connectivity index (χ4n) is 5.60. The summed E-state index contributed by atoms with van der Waals surface area (Å²) in [5.74, 6) is 0.685. The van der Waals surface area contributed by atoms with Gasteiger partial charge in [-0.25, -0.2) is 0 Å². The molecule has 2 aliphatic carbocycles. The minimum atomic E-state index is -0.270. The van der Waals surface area contributed by atoms with E-state index in [0.29, 0.717) is 18.4 Å². The molecule has 0 aromatic carbocycles. The lowest BCUT2D eigenvalue weighted by atomic mass is 9.46. The second kappa shape index (κ2) is 5.97. The molecular weight excluding hydrogens is 316 g/mol. The number of carbonyl (C=O) groups excluding carboxylic acids is 2. The van der Waals surface area contributed by atoms with Crippen molar-refractivity contribution in [2.75, 3.05) is 13.2 Å². The molecule has 2 aliphatic heterocycles. The number of likely N-dealkylation sites (tertiary alicyclic amines) is 1. The standard InChI is InChI=1S/C20H32N2O3/c1-19(2,3)12-15(23)22-10-4-6-14(22)18(24)21-16-13-7-11-25-17(13)20(16)8-5-9-20/h13-14,16-17H,4-12H2,1-3H3,(H,21,24)/t13-,14-,16-,17+/m1/s1. The van der Waals surface area contributed by atoms with Crippen molar-refractivity contribution >= 4 is 11.8 Å². The third-order valence-corrected chi connectivity index (χ3v) is 6.89. The van der Waals surface area contributed by atoms with Gasteiger partial charge in [0.1, 0.15) is 6.04 Å². The summed E-state index contributed by atoms with van der Waals surface area (Å²) in [6.45, 7) is 7.78. The van der Waals surface area contributed by atoms with Gasteiger partial charge in [0, 0.05) is 36.9 Å². The maximum Gasteiger partial charge on any atom is 0.243 e. The van der Waals surface area contributed by atoms with Crippen LogP contribution >= 0.6 is 0 Å². The SMILES string of the molecule is CC(C)(C)CC(=O)N1CCC[C@@H]1C(=O)N[C@@H]1[C@H]2CCO[C@@H]2C12CCC2. The van der Waals surface area contributed by atoms with Gasteiger partial charge in [0.05, 0.1) is 6.10 Å². The number of carbonyl (C=O) groups is 2. The summed E-state index contributed by atoms with van der Waals surface area (Å²) in [6.07, 6.45) is 7.27. The predicted molar refractivity (Wildman–Crippen MR) is 94.9 cm³/mol. The van der Waals surface area contributed by atoms with E-state index in [1.165, 1.54) is 19.3 Å². The van der Waals surface area contributed by atoms with Crippen LogP contribution in [0.25, 0.3) is 0 Å². The van der Waals surface area contributed by atoms with Crippen LogP contribution in [0.1, 0.15) is 65.7 Å². The third-order valence-electron chi connectivity index (χ3n) is 6.89. The second-order valence-corrected chi connectivity index (χ2v) is 9.80. The highest BCUT2D eigenvalue weighted by atomic mass is 16.5. The van der Waals surface area contributed by atoms with E-state index in [0.717, 1.165) is 32.4 Å². The maximum absolute atomic E-state index is 13.0. The van der Waals surface area contributed by atoms with E-state index < -0.39 is 0 Å². The first kappa shape index (κ1) is 17.3. The lowest BCUT2D eigenvalue weighted by Crippen LogP contribution is -2.72. The minimum absolute atomic E-state index is 0.0426. The largest absolute Gasteiger partial charge is 0.377 e. The Bertz CT molecular complexity index is 564. The molecule has 5 nitrogen and oxygen atoms in total. The first-order valence-electron chi connectivity index (χ1n) is 10.0. The van der Waals surface area contributed by atoms with Crippen molar-refractivity contribution < 1.29 is 14.3 Å². The first-order valence-corrected chi connectivity index (χ1v) is 10.0. The van der Waals surface area contributed by atoms with E-state index in [-0.39, 0.29) is 34.7 Å². The summed E-state index contributed by atoms with van der Waals surface area (Å²) in [5.41, 5.74) is 0.161. The van der Waals surface area contributed by atoms with Crippen LogP contribution in [0, 0.1) is 16.7 Å². The van der Waals surface area contributed by atoms with Crippen LogP contribution in [0.5, 0.6) is 0 Å². The lowest BCUT2D eigenvalue weighted by molar-refractivity contribution is -0.180. The van der Waals surface area contributed by atoms with Gasteiger partial charge in [-0.3, -0.25) is 9.59 Å². The average Bonchev–Trinajstić information content (AvgIpc) is 3.08. The Morgan fingerprint density at radius 2 is 1.96 bits per heavy atom. The van der Waals surface area contributed by atoms with Crippen molar-refractivity contribution in [1.82, 2.24) is 10.2 Å². The van der Waals surface area contributed by atoms with Gasteiger partial charge in [-0.2, -0.15) is 0 Å². The van der Waals surface area contributed by atoms with E-state index in [2.05, 4.69) is 26.1 Å². The molecule has 5 heteroatoms. The molecule has 0 aromatic rings. The van der Waals surface area contributed by atoms with Gasteiger partial charge >= 0.3 is 0 Å². The molecule has 0 radical (unpaired) electrons. The van der Waals surface area contributed by atoms with Crippen molar-refractivity contribution in [3.8, 4) is 0 Å². The van der Waals surface area contributed by atoms with Crippen molar-refractivity contribution in [3.63, 3.8) is 0 Å². The quantitative estimate of drug-likeness (QED) is 0.852. The third kappa shape index (κ3) is 2.79. The van der Waals surface area contributed by atoms with Crippen LogP contribution < -0.4 is 5.32 Å². The minimum Gasteiger partial charge on any atom is -0.377 e. The summed E-state index contributed by atoms with van der Waals surface area (Å²) >= 11 is 0. The van der Waals surface area contributed by atoms with Gasteiger partial charge in [-0.05, 0) is 37.5 Å². The fraction of sp³-hybridized carbons (Fsp3) is 0.900. The van der Waals surface area contributed by atoms with Crippen molar-refractivity contribution in [2.45, 2.75) is 83.9 Å². The van der Waals surface area contributed by atoms with E-state index in [9.17, 15) is 9.59 Å². The van der Waals surface area contributed by atoms with Gasteiger partial charge < -0.3 is 15.0 Å². The zero-order valence-electron chi connectivity index (χ0n) is 15.8. The smallest absolute Gasteiger partial charge is 0.243 e.